The molecule has 0 aliphatic carbocycles. The van der Waals surface area contributed by atoms with Gasteiger partial charge in [0.05, 0.1) is 6.54 Å². The van der Waals surface area contributed by atoms with Crippen molar-refractivity contribution in [1.29, 1.82) is 0 Å². The van der Waals surface area contributed by atoms with E-state index in [0.29, 0.717) is 31.1 Å². The van der Waals surface area contributed by atoms with E-state index in [1.807, 2.05) is 37.3 Å². The number of fused-ring (bicyclic) bond motifs is 1. The third-order valence-electron chi connectivity index (χ3n) is 4.79. The van der Waals surface area contributed by atoms with Crippen molar-refractivity contribution in [1.82, 2.24) is 14.7 Å². The van der Waals surface area contributed by atoms with E-state index in [0.717, 1.165) is 22.3 Å². The van der Waals surface area contributed by atoms with Crippen LogP contribution < -0.4 is 4.74 Å². The Kier molecular flexibility index (Phi) is 4.32. The van der Waals surface area contributed by atoms with Crippen molar-refractivity contribution in [2.45, 2.75) is 13.5 Å². The lowest BCUT2D eigenvalue weighted by atomic mass is 9.98. The van der Waals surface area contributed by atoms with E-state index in [9.17, 15) is 9.90 Å². The number of phenols is 1. The molecule has 6 nitrogen and oxygen atoms in total. The molecule has 0 spiro atoms. The molecule has 0 saturated carbocycles. The van der Waals surface area contributed by atoms with Crippen LogP contribution in [0.1, 0.15) is 21.6 Å². The van der Waals surface area contributed by atoms with Crippen LogP contribution in [0.4, 0.5) is 0 Å². The predicted octanol–water partition coefficient (Wildman–Crippen LogP) is 3.14. The van der Waals surface area contributed by atoms with Gasteiger partial charge in [-0.1, -0.05) is 24.3 Å². The quantitative estimate of drug-likeness (QED) is 0.760. The van der Waals surface area contributed by atoms with Crippen molar-refractivity contribution in [3.63, 3.8) is 0 Å². The summed E-state index contributed by atoms with van der Waals surface area (Å²) in [6.45, 7) is 3.15. The highest BCUT2D eigenvalue weighted by Crippen LogP contribution is 2.38. The fourth-order valence-electron chi connectivity index (χ4n) is 3.42. The highest BCUT2D eigenvalue weighted by atomic mass is 16.5. The fraction of sp³-hybridized carbons (Fsp3) is 0.238. The van der Waals surface area contributed by atoms with Gasteiger partial charge in [-0.15, -0.1) is 0 Å². The molecule has 0 saturated heterocycles. The van der Waals surface area contributed by atoms with Crippen LogP contribution in [0, 0.1) is 6.92 Å². The van der Waals surface area contributed by atoms with Crippen molar-refractivity contribution >= 4 is 5.91 Å². The minimum Gasteiger partial charge on any atom is -0.504 e. The zero-order valence-corrected chi connectivity index (χ0v) is 15.3. The van der Waals surface area contributed by atoms with E-state index < -0.39 is 0 Å². The van der Waals surface area contributed by atoms with Gasteiger partial charge in [0, 0.05) is 25.4 Å². The van der Waals surface area contributed by atoms with Gasteiger partial charge >= 0.3 is 0 Å². The molecule has 0 atom stereocenters. The fourth-order valence-corrected chi connectivity index (χ4v) is 3.42. The predicted molar refractivity (Wildman–Crippen MR) is 102 cm³/mol. The number of aromatic nitrogens is 2. The lowest BCUT2D eigenvalue weighted by molar-refractivity contribution is 0.0726. The van der Waals surface area contributed by atoms with Gasteiger partial charge in [0.2, 0.25) is 0 Å². The Hall–Kier alpha value is -3.28. The summed E-state index contributed by atoms with van der Waals surface area (Å²) in [5.74, 6) is 0.398. The molecule has 1 N–H and O–H groups in total. The molecular weight excluding hydrogens is 342 g/mol. The molecule has 6 heteroatoms. The molecule has 27 heavy (non-hydrogen) atoms. The molecule has 0 unspecified atom stereocenters. The van der Waals surface area contributed by atoms with Crippen molar-refractivity contribution in [2.24, 2.45) is 7.05 Å². The average molecular weight is 363 g/mol. The first kappa shape index (κ1) is 17.1. The first-order valence-electron chi connectivity index (χ1n) is 8.86. The number of carbonyl (C=O) groups is 1. The average Bonchev–Trinajstić information content (AvgIpc) is 2.96. The maximum absolute atomic E-state index is 12.8. The van der Waals surface area contributed by atoms with Crippen LogP contribution in [-0.2, 0) is 13.6 Å². The Balaban J connectivity index is 1.71. The third-order valence-corrected chi connectivity index (χ3v) is 4.79. The molecule has 1 aliphatic rings. The molecular formula is C21H21N3O3. The molecule has 0 bridgehead atoms. The Morgan fingerprint density at radius 2 is 2.04 bits per heavy atom. The molecule has 1 aromatic heterocycles. The van der Waals surface area contributed by atoms with E-state index in [2.05, 4.69) is 5.10 Å². The van der Waals surface area contributed by atoms with Crippen LogP contribution in [-0.4, -0.2) is 38.8 Å². The van der Waals surface area contributed by atoms with E-state index in [1.165, 1.54) is 0 Å². The maximum atomic E-state index is 12.8. The molecule has 1 amide bonds. The molecule has 4 rings (SSSR count). The molecule has 2 heterocycles. The van der Waals surface area contributed by atoms with Crippen LogP contribution in [0.25, 0.3) is 11.1 Å². The highest BCUT2D eigenvalue weighted by molar-refractivity contribution is 5.92. The Morgan fingerprint density at radius 1 is 1.22 bits per heavy atom. The van der Waals surface area contributed by atoms with E-state index in [-0.39, 0.29) is 11.7 Å². The topological polar surface area (TPSA) is 67.6 Å². The zero-order valence-electron chi connectivity index (χ0n) is 15.3. The number of benzene rings is 2. The van der Waals surface area contributed by atoms with Gasteiger partial charge in [-0.05, 0) is 41.8 Å². The largest absolute Gasteiger partial charge is 0.504 e. The Labute approximate surface area is 157 Å². The second-order valence-corrected chi connectivity index (χ2v) is 6.75. The standard InChI is InChI=1S/C21H21N3O3/c1-14-5-3-4-6-17(14)15-11-16-13-24(9-10-27-20(16)19(25)12-15)21(26)18-7-8-23(2)22-18/h3-8,11-12,25H,9-10,13H2,1-2H3. The SMILES string of the molecule is Cc1ccccc1-c1cc(O)c2c(c1)CN(C(=O)c1ccn(C)n1)CCO2. The van der Waals surface area contributed by atoms with Gasteiger partial charge in [0.25, 0.3) is 5.91 Å². The van der Waals surface area contributed by atoms with Gasteiger partial charge in [0.15, 0.2) is 11.5 Å². The summed E-state index contributed by atoms with van der Waals surface area (Å²) < 4.78 is 7.36. The van der Waals surface area contributed by atoms with Crippen LogP contribution in [0.15, 0.2) is 48.7 Å². The molecule has 2 aromatic carbocycles. The molecule has 138 valence electrons. The number of phenolic OH excluding ortho intramolecular Hbond substituents is 1. The third kappa shape index (κ3) is 3.26. The summed E-state index contributed by atoms with van der Waals surface area (Å²) in [5, 5.41) is 14.7. The van der Waals surface area contributed by atoms with E-state index in [1.54, 1.807) is 35.0 Å². The number of carbonyl (C=O) groups excluding carboxylic acids is 1. The van der Waals surface area contributed by atoms with Gasteiger partial charge in [0.1, 0.15) is 12.3 Å². The number of hydrogen-bond donors (Lipinski definition) is 1. The number of amides is 1. The van der Waals surface area contributed by atoms with Gasteiger partial charge < -0.3 is 14.7 Å². The van der Waals surface area contributed by atoms with Crippen molar-refractivity contribution in [2.75, 3.05) is 13.2 Å². The van der Waals surface area contributed by atoms with Crippen molar-refractivity contribution in [3.8, 4) is 22.6 Å². The zero-order chi connectivity index (χ0) is 19.0. The summed E-state index contributed by atoms with van der Waals surface area (Å²) in [6, 6.07) is 13.4. The normalized spacial score (nSPS) is 13.6. The monoisotopic (exact) mass is 363 g/mol. The van der Waals surface area contributed by atoms with Gasteiger partial charge in [-0.3, -0.25) is 9.48 Å². The first-order valence-corrected chi connectivity index (χ1v) is 8.86. The molecule has 1 aliphatic heterocycles. The first-order chi connectivity index (χ1) is 13.0. The van der Waals surface area contributed by atoms with Crippen LogP contribution in [0.2, 0.25) is 0 Å². The molecule has 3 aromatic rings. The summed E-state index contributed by atoms with van der Waals surface area (Å²) >= 11 is 0. The Morgan fingerprint density at radius 3 is 2.78 bits per heavy atom. The maximum Gasteiger partial charge on any atom is 0.274 e. The second kappa shape index (κ2) is 6.79. The lowest BCUT2D eigenvalue weighted by Gasteiger charge is -2.19. The number of nitrogens with zero attached hydrogens (tertiary/aromatic N) is 3. The summed E-state index contributed by atoms with van der Waals surface area (Å²) in [4.78, 5) is 14.5. The number of ether oxygens (including phenoxy) is 1. The van der Waals surface area contributed by atoms with Crippen molar-refractivity contribution < 1.29 is 14.6 Å². The van der Waals surface area contributed by atoms with E-state index >= 15 is 0 Å². The summed E-state index contributed by atoms with van der Waals surface area (Å²) in [5.41, 5.74) is 4.26. The summed E-state index contributed by atoms with van der Waals surface area (Å²) in [7, 11) is 1.78. The lowest BCUT2D eigenvalue weighted by Crippen LogP contribution is -2.32. The number of aryl methyl sites for hydroxylation is 2. The second-order valence-electron chi connectivity index (χ2n) is 6.75. The van der Waals surface area contributed by atoms with Crippen LogP contribution in [0.5, 0.6) is 11.5 Å². The molecule has 0 fully saturated rings. The summed E-state index contributed by atoms with van der Waals surface area (Å²) in [6.07, 6.45) is 1.75. The van der Waals surface area contributed by atoms with Gasteiger partial charge in [-0.2, -0.15) is 5.10 Å². The van der Waals surface area contributed by atoms with Gasteiger partial charge in [-0.25, -0.2) is 0 Å². The van der Waals surface area contributed by atoms with E-state index in [4.69, 9.17) is 4.74 Å². The van der Waals surface area contributed by atoms with Crippen molar-refractivity contribution in [3.05, 3.63) is 65.5 Å². The Bertz CT molecular complexity index is 1010. The minimum atomic E-state index is -0.146. The number of aromatic hydroxyl groups is 1. The molecule has 0 radical (unpaired) electrons. The number of rotatable bonds is 2. The number of hydrogen-bond acceptors (Lipinski definition) is 4. The highest BCUT2D eigenvalue weighted by Gasteiger charge is 2.25. The van der Waals surface area contributed by atoms with Crippen LogP contribution in [0.3, 0.4) is 0 Å². The minimum absolute atomic E-state index is 0.0953. The van der Waals surface area contributed by atoms with Crippen LogP contribution >= 0.6 is 0 Å². The smallest absolute Gasteiger partial charge is 0.274 e.